The molecule has 1 heterocycles. The van der Waals surface area contributed by atoms with Crippen molar-refractivity contribution in [2.75, 3.05) is 11.5 Å². The van der Waals surface area contributed by atoms with Gasteiger partial charge < -0.3 is 5.11 Å². The van der Waals surface area contributed by atoms with Gasteiger partial charge in [0.2, 0.25) is 0 Å². The summed E-state index contributed by atoms with van der Waals surface area (Å²) >= 11 is 0. The highest BCUT2D eigenvalue weighted by molar-refractivity contribution is 7.91. The lowest BCUT2D eigenvalue weighted by atomic mass is 9.74. The highest BCUT2D eigenvalue weighted by atomic mass is 32.2. The minimum Gasteiger partial charge on any atom is -0.481 e. The van der Waals surface area contributed by atoms with E-state index in [-0.39, 0.29) is 11.5 Å². The Hall–Kier alpha value is -0.580. The molecule has 5 heteroatoms. The zero-order valence-electron chi connectivity index (χ0n) is 10.0. The number of carboxylic acids is 1. The number of hydrogen-bond donors (Lipinski definition) is 1. The van der Waals surface area contributed by atoms with Crippen molar-refractivity contribution in [1.82, 2.24) is 0 Å². The maximum atomic E-state index is 11.5. The van der Waals surface area contributed by atoms with E-state index in [1.807, 2.05) is 0 Å². The van der Waals surface area contributed by atoms with Crippen LogP contribution >= 0.6 is 0 Å². The van der Waals surface area contributed by atoms with Crippen LogP contribution in [0, 0.1) is 11.3 Å². The van der Waals surface area contributed by atoms with E-state index in [2.05, 4.69) is 0 Å². The van der Waals surface area contributed by atoms with Crippen LogP contribution in [0.3, 0.4) is 0 Å². The van der Waals surface area contributed by atoms with Crippen molar-refractivity contribution in [3.05, 3.63) is 0 Å². The number of carbonyl (C=O) groups is 1. The molecule has 0 aromatic heterocycles. The Morgan fingerprint density at radius 1 is 1.24 bits per heavy atom. The molecule has 1 saturated heterocycles. The third kappa shape index (κ3) is 2.81. The van der Waals surface area contributed by atoms with Gasteiger partial charge in [-0.3, -0.25) is 4.79 Å². The van der Waals surface area contributed by atoms with Gasteiger partial charge >= 0.3 is 5.97 Å². The molecule has 2 rings (SSSR count). The predicted octanol–water partition coefficient (Wildman–Crippen LogP) is 1.85. The van der Waals surface area contributed by atoms with Gasteiger partial charge in [-0.05, 0) is 18.8 Å². The van der Waals surface area contributed by atoms with Crippen LogP contribution < -0.4 is 0 Å². The molecule has 98 valence electrons. The molecule has 1 aliphatic heterocycles. The van der Waals surface area contributed by atoms with E-state index in [1.54, 1.807) is 0 Å². The normalized spacial score (nSPS) is 33.6. The summed E-state index contributed by atoms with van der Waals surface area (Å²) in [7, 11) is -3.13. The van der Waals surface area contributed by atoms with Crippen molar-refractivity contribution in [2.45, 2.75) is 44.9 Å². The lowest BCUT2D eigenvalue weighted by Gasteiger charge is -2.30. The van der Waals surface area contributed by atoms with Gasteiger partial charge in [0.1, 0.15) is 0 Å². The van der Waals surface area contributed by atoms with Crippen LogP contribution in [0.5, 0.6) is 0 Å². The van der Waals surface area contributed by atoms with E-state index in [4.69, 9.17) is 0 Å². The number of sulfone groups is 1. The SMILES string of the molecule is O=C(O)C1(CC2CCCCC2)CCS(=O)(=O)C1. The summed E-state index contributed by atoms with van der Waals surface area (Å²) in [6, 6.07) is 0. The van der Waals surface area contributed by atoms with Gasteiger partial charge in [-0.15, -0.1) is 0 Å². The molecule has 2 aliphatic rings. The first-order valence-electron chi connectivity index (χ1n) is 6.37. The molecule has 1 saturated carbocycles. The minimum atomic E-state index is -3.13. The Morgan fingerprint density at radius 2 is 1.88 bits per heavy atom. The van der Waals surface area contributed by atoms with E-state index in [0.717, 1.165) is 25.7 Å². The highest BCUT2D eigenvalue weighted by Crippen LogP contribution is 2.42. The number of aliphatic carboxylic acids is 1. The van der Waals surface area contributed by atoms with Gasteiger partial charge in [0.25, 0.3) is 0 Å². The third-order valence-corrected chi connectivity index (χ3v) is 6.06. The Bertz CT molecular complexity index is 395. The molecule has 1 aliphatic carbocycles. The van der Waals surface area contributed by atoms with Crippen LogP contribution in [-0.4, -0.2) is 31.0 Å². The molecule has 0 spiro atoms. The molecule has 0 aromatic rings. The standard InChI is InChI=1S/C12H20O4S/c13-11(14)12(6-7-17(15,16)9-12)8-10-4-2-1-3-5-10/h10H,1-9H2,(H,13,14). The monoisotopic (exact) mass is 260 g/mol. The zero-order valence-corrected chi connectivity index (χ0v) is 10.8. The van der Waals surface area contributed by atoms with Crippen LogP contribution in [0.25, 0.3) is 0 Å². The molecule has 4 nitrogen and oxygen atoms in total. The molecule has 1 unspecified atom stereocenters. The van der Waals surface area contributed by atoms with Crippen molar-refractivity contribution in [3.8, 4) is 0 Å². The summed E-state index contributed by atoms with van der Waals surface area (Å²) in [6.45, 7) is 0. The molecule has 2 fully saturated rings. The molecule has 0 bridgehead atoms. The molecular weight excluding hydrogens is 240 g/mol. The molecule has 0 amide bonds. The van der Waals surface area contributed by atoms with E-state index >= 15 is 0 Å². The summed E-state index contributed by atoms with van der Waals surface area (Å²) in [4.78, 5) is 11.4. The van der Waals surface area contributed by atoms with Gasteiger partial charge in [-0.25, -0.2) is 8.42 Å². The third-order valence-electron chi connectivity index (χ3n) is 4.25. The predicted molar refractivity (Wildman–Crippen MR) is 64.5 cm³/mol. The first kappa shape index (κ1) is 12.9. The number of carboxylic acid groups (broad SMARTS) is 1. The smallest absolute Gasteiger partial charge is 0.310 e. The van der Waals surface area contributed by atoms with Gasteiger partial charge in [0.05, 0.1) is 16.9 Å². The molecule has 1 N–H and O–H groups in total. The van der Waals surface area contributed by atoms with Gasteiger partial charge in [-0.2, -0.15) is 0 Å². The van der Waals surface area contributed by atoms with Gasteiger partial charge in [0.15, 0.2) is 9.84 Å². The molecule has 1 atom stereocenters. The Morgan fingerprint density at radius 3 is 2.35 bits per heavy atom. The van der Waals surface area contributed by atoms with Gasteiger partial charge in [-0.1, -0.05) is 32.1 Å². The van der Waals surface area contributed by atoms with E-state index in [9.17, 15) is 18.3 Å². The fourth-order valence-corrected chi connectivity index (χ4v) is 5.35. The van der Waals surface area contributed by atoms with Crippen molar-refractivity contribution < 1.29 is 18.3 Å². The Kier molecular flexibility index (Phi) is 3.48. The molecule has 17 heavy (non-hydrogen) atoms. The number of hydrogen-bond acceptors (Lipinski definition) is 3. The van der Waals surface area contributed by atoms with Crippen molar-refractivity contribution >= 4 is 15.8 Å². The van der Waals surface area contributed by atoms with E-state index < -0.39 is 21.2 Å². The maximum Gasteiger partial charge on any atom is 0.310 e. The summed E-state index contributed by atoms with van der Waals surface area (Å²) in [5.74, 6) is -0.602. The topological polar surface area (TPSA) is 71.4 Å². The van der Waals surface area contributed by atoms with Crippen molar-refractivity contribution in [3.63, 3.8) is 0 Å². The molecular formula is C12H20O4S. The van der Waals surface area contributed by atoms with Crippen LogP contribution in [0.4, 0.5) is 0 Å². The Balaban J connectivity index is 2.10. The summed E-state index contributed by atoms with van der Waals surface area (Å²) in [6.07, 6.45) is 6.54. The second-order valence-electron chi connectivity index (χ2n) is 5.64. The Labute approximate surface area is 102 Å². The van der Waals surface area contributed by atoms with Crippen molar-refractivity contribution in [2.24, 2.45) is 11.3 Å². The second kappa shape index (κ2) is 4.59. The quantitative estimate of drug-likeness (QED) is 0.840. The van der Waals surface area contributed by atoms with Crippen LogP contribution in [-0.2, 0) is 14.6 Å². The fraction of sp³-hybridized carbons (Fsp3) is 0.917. The molecule has 0 aromatic carbocycles. The van der Waals surface area contributed by atoms with E-state index in [1.165, 1.54) is 6.42 Å². The fourth-order valence-electron chi connectivity index (χ4n) is 3.28. The van der Waals surface area contributed by atoms with Crippen molar-refractivity contribution in [1.29, 1.82) is 0 Å². The van der Waals surface area contributed by atoms with Crippen LogP contribution in [0.1, 0.15) is 44.9 Å². The average Bonchev–Trinajstić information content (AvgIpc) is 2.57. The summed E-state index contributed by atoms with van der Waals surface area (Å²) in [5, 5.41) is 9.36. The minimum absolute atomic E-state index is 0.0476. The summed E-state index contributed by atoms with van der Waals surface area (Å²) in [5.41, 5.74) is -0.985. The first-order chi connectivity index (χ1) is 7.94. The highest BCUT2D eigenvalue weighted by Gasteiger charge is 2.49. The van der Waals surface area contributed by atoms with Gasteiger partial charge in [0, 0.05) is 0 Å². The first-order valence-corrected chi connectivity index (χ1v) is 8.20. The largest absolute Gasteiger partial charge is 0.481 e. The number of rotatable bonds is 3. The molecule has 0 radical (unpaired) electrons. The lowest BCUT2D eigenvalue weighted by Crippen LogP contribution is -2.35. The lowest BCUT2D eigenvalue weighted by molar-refractivity contribution is -0.148. The maximum absolute atomic E-state index is 11.5. The van der Waals surface area contributed by atoms with Crippen LogP contribution in [0.15, 0.2) is 0 Å². The average molecular weight is 260 g/mol. The van der Waals surface area contributed by atoms with Crippen LogP contribution in [0.2, 0.25) is 0 Å². The van der Waals surface area contributed by atoms with E-state index in [0.29, 0.717) is 18.8 Å². The summed E-state index contributed by atoms with van der Waals surface area (Å²) < 4.78 is 23.1. The zero-order chi connectivity index (χ0) is 12.5. The second-order valence-corrected chi connectivity index (χ2v) is 7.82.